The molecular formula is C22H22O4. The fraction of sp³-hybridized carbons (Fsp3) is 0.364. The van der Waals surface area contributed by atoms with Crippen molar-refractivity contribution in [1.82, 2.24) is 0 Å². The lowest BCUT2D eigenvalue weighted by molar-refractivity contribution is -0.145. The monoisotopic (exact) mass is 350 g/mol. The number of hydrogen-bond donors (Lipinski definition) is 0. The lowest BCUT2D eigenvalue weighted by Gasteiger charge is -2.11. The largest absolute Gasteiger partial charge is 0.461 e. The van der Waals surface area contributed by atoms with Crippen LogP contribution in [0.3, 0.4) is 0 Å². The van der Waals surface area contributed by atoms with Gasteiger partial charge in [0.2, 0.25) is 0 Å². The Balaban J connectivity index is 1.56. The molecule has 2 aromatic carbocycles. The predicted octanol–water partition coefficient (Wildman–Crippen LogP) is 4.96. The van der Waals surface area contributed by atoms with Gasteiger partial charge in [-0.05, 0) is 29.2 Å². The first-order valence-corrected chi connectivity index (χ1v) is 9.31. The van der Waals surface area contributed by atoms with E-state index in [2.05, 4.69) is 0 Å². The fourth-order valence-corrected chi connectivity index (χ4v) is 3.99. The van der Waals surface area contributed by atoms with E-state index in [1.165, 1.54) is 31.7 Å². The minimum absolute atomic E-state index is 0.0968. The molecule has 0 unspecified atom stereocenters. The first-order valence-electron chi connectivity index (χ1n) is 9.31. The highest BCUT2D eigenvalue weighted by Crippen LogP contribution is 2.29. The second-order valence-corrected chi connectivity index (χ2v) is 7.10. The summed E-state index contributed by atoms with van der Waals surface area (Å²) in [4.78, 5) is 24.0. The van der Waals surface area contributed by atoms with Crippen LogP contribution >= 0.6 is 0 Å². The Labute approximate surface area is 151 Å². The minimum Gasteiger partial charge on any atom is -0.461 e. The summed E-state index contributed by atoms with van der Waals surface area (Å²) in [5.41, 5.74) is 0.792. The summed E-state index contributed by atoms with van der Waals surface area (Å²) in [5, 5.41) is 2.89. The fourth-order valence-electron chi connectivity index (χ4n) is 3.99. The quantitative estimate of drug-likeness (QED) is 0.371. The summed E-state index contributed by atoms with van der Waals surface area (Å²) < 4.78 is 10.8. The molecule has 0 saturated heterocycles. The van der Waals surface area contributed by atoms with Crippen molar-refractivity contribution >= 4 is 27.7 Å². The van der Waals surface area contributed by atoms with Crippen LogP contribution in [-0.4, -0.2) is 5.97 Å². The topological polar surface area (TPSA) is 56.5 Å². The SMILES string of the molecule is O=C(CCC1CCCC1)OCc1cc(=O)oc2ccc3ccccc3c12. The smallest absolute Gasteiger partial charge is 0.336 e. The lowest BCUT2D eigenvalue weighted by Crippen LogP contribution is -2.09. The first kappa shape index (κ1) is 16.8. The summed E-state index contributed by atoms with van der Waals surface area (Å²) in [5.74, 6) is 0.467. The van der Waals surface area contributed by atoms with Gasteiger partial charge in [-0.2, -0.15) is 0 Å². The van der Waals surface area contributed by atoms with Crippen molar-refractivity contribution in [3.8, 4) is 0 Å². The van der Waals surface area contributed by atoms with Crippen molar-refractivity contribution < 1.29 is 13.9 Å². The van der Waals surface area contributed by atoms with Crippen LogP contribution in [0.4, 0.5) is 0 Å². The van der Waals surface area contributed by atoms with E-state index in [-0.39, 0.29) is 12.6 Å². The maximum absolute atomic E-state index is 12.1. The Kier molecular flexibility index (Phi) is 4.74. The first-order chi connectivity index (χ1) is 12.7. The molecule has 1 aliphatic carbocycles. The third-order valence-corrected chi connectivity index (χ3v) is 5.33. The van der Waals surface area contributed by atoms with E-state index < -0.39 is 5.63 Å². The predicted molar refractivity (Wildman–Crippen MR) is 101 cm³/mol. The molecule has 3 aromatic rings. The number of benzene rings is 2. The molecule has 0 aliphatic heterocycles. The maximum atomic E-state index is 12.1. The van der Waals surface area contributed by atoms with Crippen LogP contribution in [0.1, 0.15) is 44.1 Å². The van der Waals surface area contributed by atoms with Gasteiger partial charge in [0.25, 0.3) is 0 Å². The highest BCUT2D eigenvalue weighted by molar-refractivity contribution is 6.07. The number of hydrogen-bond acceptors (Lipinski definition) is 4. The van der Waals surface area contributed by atoms with Crippen LogP contribution in [0.5, 0.6) is 0 Å². The van der Waals surface area contributed by atoms with Gasteiger partial charge in [0.1, 0.15) is 12.2 Å². The zero-order valence-corrected chi connectivity index (χ0v) is 14.7. The van der Waals surface area contributed by atoms with Crippen molar-refractivity contribution in [3.63, 3.8) is 0 Å². The van der Waals surface area contributed by atoms with Gasteiger partial charge in [0.05, 0.1) is 0 Å². The molecular weight excluding hydrogens is 328 g/mol. The summed E-state index contributed by atoms with van der Waals surface area (Å²) in [6.45, 7) is 0.0968. The van der Waals surface area contributed by atoms with Crippen LogP contribution < -0.4 is 5.63 Å². The normalized spacial score (nSPS) is 14.9. The average molecular weight is 350 g/mol. The molecule has 1 heterocycles. The molecule has 0 bridgehead atoms. The number of fused-ring (bicyclic) bond motifs is 3. The van der Waals surface area contributed by atoms with E-state index in [0.29, 0.717) is 23.5 Å². The molecule has 1 saturated carbocycles. The van der Waals surface area contributed by atoms with Gasteiger partial charge in [-0.3, -0.25) is 4.79 Å². The molecule has 0 atom stereocenters. The van der Waals surface area contributed by atoms with Crippen LogP contribution in [0.15, 0.2) is 51.7 Å². The molecule has 4 heteroatoms. The van der Waals surface area contributed by atoms with E-state index in [9.17, 15) is 9.59 Å². The second-order valence-electron chi connectivity index (χ2n) is 7.10. The standard InChI is InChI=1S/C22H22O4/c23-20(12-9-15-5-1-2-6-15)25-14-17-13-21(24)26-19-11-10-16-7-3-4-8-18(16)22(17)19/h3-4,7-8,10-11,13,15H,1-2,5-6,9,12,14H2. The van der Waals surface area contributed by atoms with Gasteiger partial charge < -0.3 is 9.15 Å². The van der Waals surface area contributed by atoms with Crippen molar-refractivity contribution in [3.05, 3.63) is 58.4 Å². The highest BCUT2D eigenvalue weighted by Gasteiger charge is 2.17. The van der Waals surface area contributed by atoms with Crippen LogP contribution in [0, 0.1) is 5.92 Å². The number of ether oxygens (including phenoxy) is 1. The maximum Gasteiger partial charge on any atom is 0.336 e. The Morgan fingerprint density at radius 1 is 1.12 bits per heavy atom. The Morgan fingerprint density at radius 2 is 1.92 bits per heavy atom. The van der Waals surface area contributed by atoms with Crippen molar-refractivity contribution in [2.75, 3.05) is 0 Å². The second kappa shape index (κ2) is 7.32. The third kappa shape index (κ3) is 3.50. The molecule has 26 heavy (non-hydrogen) atoms. The summed E-state index contributed by atoms with van der Waals surface area (Å²) in [6.07, 6.45) is 6.36. The van der Waals surface area contributed by atoms with E-state index in [1.54, 1.807) is 6.07 Å². The molecule has 1 aliphatic rings. The molecule has 1 fully saturated rings. The molecule has 4 nitrogen and oxygen atoms in total. The van der Waals surface area contributed by atoms with E-state index in [0.717, 1.165) is 22.6 Å². The average Bonchev–Trinajstić information content (AvgIpc) is 3.17. The van der Waals surface area contributed by atoms with Crippen LogP contribution in [0.2, 0.25) is 0 Å². The summed E-state index contributed by atoms with van der Waals surface area (Å²) >= 11 is 0. The minimum atomic E-state index is -0.426. The molecule has 0 radical (unpaired) electrons. The molecule has 1 aromatic heterocycles. The Morgan fingerprint density at radius 3 is 2.77 bits per heavy atom. The number of carbonyl (C=O) groups excluding carboxylic acids is 1. The Bertz CT molecular complexity index is 996. The van der Waals surface area contributed by atoms with Gasteiger partial charge >= 0.3 is 11.6 Å². The number of carbonyl (C=O) groups is 1. The van der Waals surface area contributed by atoms with E-state index in [4.69, 9.17) is 9.15 Å². The van der Waals surface area contributed by atoms with Crippen LogP contribution in [0.25, 0.3) is 21.7 Å². The summed E-state index contributed by atoms with van der Waals surface area (Å²) in [7, 11) is 0. The molecule has 0 spiro atoms. The van der Waals surface area contributed by atoms with Gasteiger partial charge in [-0.15, -0.1) is 0 Å². The van der Waals surface area contributed by atoms with E-state index >= 15 is 0 Å². The van der Waals surface area contributed by atoms with Gasteiger partial charge in [-0.1, -0.05) is 56.0 Å². The molecule has 0 amide bonds. The number of rotatable bonds is 5. The van der Waals surface area contributed by atoms with Crippen molar-refractivity contribution in [2.45, 2.75) is 45.1 Å². The van der Waals surface area contributed by atoms with Crippen molar-refractivity contribution in [1.29, 1.82) is 0 Å². The highest BCUT2D eigenvalue weighted by atomic mass is 16.5. The van der Waals surface area contributed by atoms with Gasteiger partial charge in [0.15, 0.2) is 0 Å². The Hall–Kier alpha value is -2.62. The molecule has 134 valence electrons. The number of esters is 1. The van der Waals surface area contributed by atoms with E-state index in [1.807, 2.05) is 30.3 Å². The van der Waals surface area contributed by atoms with Crippen LogP contribution in [-0.2, 0) is 16.1 Å². The van der Waals surface area contributed by atoms with Gasteiger partial charge in [0, 0.05) is 23.4 Å². The van der Waals surface area contributed by atoms with Crippen molar-refractivity contribution in [2.24, 2.45) is 5.92 Å². The summed E-state index contributed by atoms with van der Waals surface area (Å²) in [6, 6.07) is 13.1. The molecule has 0 N–H and O–H groups in total. The van der Waals surface area contributed by atoms with Gasteiger partial charge in [-0.25, -0.2) is 4.79 Å². The zero-order chi connectivity index (χ0) is 17.9. The zero-order valence-electron chi connectivity index (χ0n) is 14.7. The third-order valence-electron chi connectivity index (χ3n) is 5.33. The molecule has 4 rings (SSSR count). The lowest BCUT2D eigenvalue weighted by atomic mass is 10.0.